The molecule has 0 bridgehead atoms. The second-order valence-corrected chi connectivity index (χ2v) is 3.12. The second kappa shape index (κ2) is 1.82. The molecule has 0 atom stereocenters. The smallest absolute Gasteiger partial charge is 0.159 e. The lowest BCUT2D eigenvalue weighted by Crippen LogP contribution is -2.20. The van der Waals surface area contributed by atoms with Gasteiger partial charge in [-0.3, -0.25) is 0 Å². The Kier molecular flexibility index (Phi) is 1.08. The van der Waals surface area contributed by atoms with Gasteiger partial charge in [0.1, 0.15) is 0 Å². The predicted octanol–water partition coefficient (Wildman–Crippen LogP) is 1.97. The van der Waals surface area contributed by atoms with E-state index in [2.05, 4.69) is 16.1 Å². The lowest BCUT2D eigenvalue weighted by molar-refractivity contribution is 0.347. The summed E-state index contributed by atoms with van der Waals surface area (Å²) in [7, 11) is 0. The van der Waals surface area contributed by atoms with Gasteiger partial charge in [-0.05, 0) is 25.7 Å². The van der Waals surface area contributed by atoms with Gasteiger partial charge < -0.3 is 0 Å². The molecule has 52 valence electrons. The summed E-state index contributed by atoms with van der Waals surface area (Å²) < 4.78 is 0. The van der Waals surface area contributed by atoms with E-state index in [4.69, 9.17) is 6.42 Å². The highest BCUT2D eigenvalue weighted by molar-refractivity contribution is 5.03. The maximum Gasteiger partial charge on any atom is 0.191 e. The van der Waals surface area contributed by atoms with Gasteiger partial charge in [-0.2, -0.15) is 10.2 Å². The molecule has 1 fully saturated rings. The van der Waals surface area contributed by atoms with E-state index in [9.17, 15) is 0 Å². The first-order valence-corrected chi connectivity index (χ1v) is 3.75. The van der Waals surface area contributed by atoms with Crippen LogP contribution in [-0.4, -0.2) is 5.66 Å². The predicted molar refractivity (Wildman–Crippen MR) is 38.4 cm³/mol. The number of rotatable bonds is 0. The van der Waals surface area contributed by atoms with Crippen molar-refractivity contribution in [1.82, 2.24) is 0 Å². The Labute approximate surface area is 60.7 Å². The quantitative estimate of drug-likeness (QED) is 0.452. The van der Waals surface area contributed by atoms with Crippen LogP contribution in [0.3, 0.4) is 0 Å². The third kappa shape index (κ3) is 0.824. The van der Waals surface area contributed by atoms with Crippen molar-refractivity contribution in [2.24, 2.45) is 16.1 Å². The Morgan fingerprint density at radius 1 is 1.30 bits per heavy atom. The summed E-state index contributed by atoms with van der Waals surface area (Å²) >= 11 is 0. The Bertz CT molecular complexity index is 196. The maximum absolute atomic E-state index is 5.30. The summed E-state index contributed by atoms with van der Waals surface area (Å²) in [6, 6.07) is 0. The van der Waals surface area contributed by atoms with E-state index in [0.717, 1.165) is 25.7 Å². The van der Waals surface area contributed by atoms with Crippen LogP contribution in [0.5, 0.6) is 0 Å². The first-order valence-electron chi connectivity index (χ1n) is 3.75. The van der Waals surface area contributed by atoms with Crippen molar-refractivity contribution >= 4 is 0 Å². The van der Waals surface area contributed by atoms with E-state index in [1.165, 1.54) is 0 Å². The Hall–Kier alpha value is -0.840. The zero-order chi connectivity index (χ0) is 7.03. The van der Waals surface area contributed by atoms with Crippen molar-refractivity contribution in [3.8, 4) is 12.3 Å². The molecule has 0 saturated heterocycles. The van der Waals surface area contributed by atoms with E-state index in [0.29, 0.717) is 5.92 Å². The molecule has 2 heteroatoms. The van der Waals surface area contributed by atoms with E-state index in [1.807, 2.05) is 0 Å². The van der Waals surface area contributed by atoms with Gasteiger partial charge in [0, 0.05) is 5.92 Å². The normalized spacial score (nSPS) is 28.3. The van der Waals surface area contributed by atoms with Gasteiger partial charge in [-0.1, -0.05) is 0 Å². The number of nitrogens with zero attached hydrogens (tertiary/aromatic N) is 2. The summed E-state index contributed by atoms with van der Waals surface area (Å²) in [5, 5.41) is 8.04. The van der Waals surface area contributed by atoms with Gasteiger partial charge >= 0.3 is 0 Å². The Balaban J connectivity index is 1.91. The molecular formula is C8H10N2. The Morgan fingerprint density at radius 2 is 1.90 bits per heavy atom. The SMILES string of the molecule is C#CC1CCC2(CC1)N=N2. The van der Waals surface area contributed by atoms with Crippen molar-refractivity contribution in [3.05, 3.63) is 0 Å². The number of hydrogen-bond acceptors (Lipinski definition) is 2. The molecule has 0 radical (unpaired) electrons. The molecule has 0 unspecified atom stereocenters. The van der Waals surface area contributed by atoms with Gasteiger partial charge in [-0.25, -0.2) is 0 Å². The van der Waals surface area contributed by atoms with Gasteiger partial charge in [0.15, 0.2) is 5.66 Å². The van der Waals surface area contributed by atoms with E-state index >= 15 is 0 Å². The van der Waals surface area contributed by atoms with Crippen molar-refractivity contribution in [1.29, 1.82) is 0 Å². The fraction of sp³-hybridized carbons (Fsp3) is 0.750. The molecule has 1 aliphatic carbocycles. The van der Waals surface area contributed by atoms with Crippen LogP contribution in [-0.2, 0) is 0 Å². The summed E-state index contributed by atoms with van der Waals surface area (Å²) in [6.07, 6.45) is 9.70. The Morgan fingerprint density at radius 3 is 2.30 bits per heavy atom. The fourth-order valence-corrected chi connectivity index (χ4v) is 1.52. The molecule has 2 rings (SSSR count). The van der Waals surface area contributed by atoms with E-state index in [-0.39, 0.29) is 5.66 Å². The summed E-state index contributed by atoms with van der Waals surface area (Å²) in [5.74, 6) is 3.28. The lowest BCUT2D eigenvalue weighted by atomic mass is 9.84. The average molecular weight is 134 g/mol. The molecule has 1 aliphatic heterocycles. The molecule has 0 aromatic carbocycles. The summed E-state index contributed by atoms with van der Waals surface area (Å²) in [4.78, 5) is 0. The largest absolute Gasteiger partial charge is 0.191 e. The van der Waals surface area contributed by atoms with Crippen LogP contribution in [0.25, 0.3) is 0 Å². The monoisotopic (exact) mass is 134 g/mol. The minimum Gasteiger partial charge on any atom is -0.159 e. The molecule has 1 heterocycles. The first-order chi connectivity index (χ1) is 4.85. The molecule has 0 amide bonds. The summed E-state index contributed by atoms with van der Waals surface area (Å²) in [5.41, 5.74) is 0.0628. The van der Waals surface area contributed by atoms with Crippen LogP contribution in [0.4, 0.5) is 0 Å². The van der Waals surface area contributed by atoms with E-state index in [1.54, 1.807) is 0 Å². The van der Waals surface area contributed by atoms with Gasteiger partial charge in [0.25, 0.3) is 0 Å². The highest BCUT2D eigenvalue weighted by Gasteiger charge is 2.42. The number of hydrogen-bond donors (Lipinski definition) is 0. The van der Waals surface area contributed by atoms with Crippen molar-refractivity contribution in [2.45, 2.75) is 31.3 Å². The van der Waals surface area contributed by atoms with Crippen molar-refractivity contribution in [3.63, 3.8) is 0 Å². The standard InChI is InChI=1S/C8H10N2/c1-2-7-3-5-8(6-4-7)9-10-8/h1,7H,3-6H2. The van der Waals surface area contributed by atoms with Crippen molar-refractivity contribution in [2.75, 3.05) is 0 Å². The molecule has 0 aromatic heterocycles. The van der Waals surface area contributed by atoms with Crippen LogP contribution in [0.15, 0.2) is 10.2 Å². The minimum absolute atomic E-state index is 0.0628. The fourth-order valence-electron chi connectivity index (χ4n) is 1.52. The first kappa shape index (κ1) is 5.91. The molecule has 0 N–H and O–H groups in total. The molecule has 1 saturated carbocycles. The van der Waals surface area contributed by atoms with Crippen molar-refractivity contribution < 1.29 is 0 Å². The molecule has 10 heavy (non-hydrogen) atoms. The maximum atomic E-state index is 5.30. The van der Waals surface area contributed by atoms with Gasteiger partial charge in [0.05, 0.1) is 0 Å². The van der Waals surface area contributed by atoms with Crippen LogP contribution in [0, 0.1) is 18.3 Å². The second-order valence-electron chi connectivity index (χ2n) is 3.12. The highest BCUT2D eigenvalue weighted by Crippen LogP contribution is 2.43. The minimum atomic E-state index is 0.0628. The molecule has 2 nitrogen and oxygen atoms in total. The third-order valence-electron chi connectivity index (χ3n) is 2.40. The molecule has 1 spiro atoms. The average Bonchev–Trinajstić information content (AvgIpc) is 2.72. The molecule has 2 aliphatic rings. The zero-order valence-corrected chi connectivity index (χ0v) is 5.88. The van der Waals surface area contributed by atoms with E-state index < -0.39 is 0 Å². The molecule has 0 aromatic rings. The number of terminal acetylenes is 1. The topological polar surface area (TPSA) is 24.7 Å². The van der Waals surface area contributed by atoms with Crippen LogP contribution in [0.2, 0.25) is 0 Å². The van der Waals surface area contributed by atoms with Crippen LogP contribution >= 0.6 is 0 Å². The highest BCUT2D eigenvalue weighted by atomic mass is 15.4. The zero-order valence-electron chi connectivity index (χ0n) is 5.88. The van der Waals surface area contributed by atoms with Gasteiger partial charge in [0.2, 0.25) is 0 Å². The van der Waals surface area contributed by atoms with Crippen LogP contribution < -0.4 is 0 Å². The third-order valence-corrected chi connectivity index (χ3v) is 2.40. The summed E-state index contributed by atoms with van der Waals surface area (Å²) in [6.45, 7) is 0. The molecular weight excluding hydrogens is 124 g/mol. The van der Waals surface area contributed by atoms with Gasteiger partial charge in [-0.15, -0.1) is 12.3 Å². The lowest BCUT2D eigenvalue weighted by Gasteiger charge is -2.20. The van der Waals surface area contributed by atoms with Crippen LogP contribution in [0.1, 0.15) is 25.7 Å².